The number of rotatable bonds is 5. The first kappa shape index (κ1) is 18.5. The third-order valence-electron chi connectivity index (χ3n) is 4.10. The number of halogens is 2. The molecule has 0 saturated heterocycles. The Morgan fingerprint density at radius 1 is 1.25 bits per heavy atom. The Kier molecular flexibility index (Phi) is 6.07. The lowest BCUT2D eigenvalue weighted by atomic mass is 10.0. The predicted molar refractivity (Wildman–Crippen MR) is 90.3 cm³/mol. The Labute approximate surface area is 149 Å². The summed E-state index contributed by atoms with van der Waals surface area (Å²) in [4.78, 5) is 35.6. The van der Waals surface area contributed by atoms with Crippen LogP contribution >= 0.6 is 23.2 Å². The summed E-state index contributed by atoms with van der Waals surface area (Å²) < 4.78 is 0. The maximum absolute atomic E-state index is 12.2. The highest BCUT2D eigenvalue weighted by molar-refractivity contribution is 6.43. The molecule has 2 amide bonds. The van der Waals surface area contributed by atoms with Crippen LogP contribution in [0.25, 0.3) is 0 Å². The summed E-state index contributed by atoms with van der Waals surface area (Å²) >= 11 is 11.9. The van der Waals surface area contributed by atoms with Crippen LogP contribution in [0.5, 0.6) is 0 Å². The van der Waals surface area contributed by atoms with Crippen LogP contribution in [-0.2, 0) is 9.59 Å². The van der Waals surface area contributed by atoms with Crippen LogP contribution in [0.3, 0.4) is 0 Å². The second-order valence-electron chi connectivity index (χ2n) is 5.79. The van der Waals surface area contributed by atoms with Gasteiger partial charge in [0.1, 0.15) is 6.04 Å². The molecule has 0 radical (unpaired) electrons. The molecular weight excluding hydrogens is 355 g/mol. The van der Waals surface area contributed by atoms with Crippen molar-refractivity contribution >= 4 is 41.0 Å². The molecule has 8 heteroatoms. The molecule has 6 nitrogen and oxygen atoms in total. The molecule has 3 N–H and O–H groups in total. The van der Waals surface area contributed by atoms with Gasteiger partial charge in [-0.1, -0.05) is 35.7 Å². The van der Waals surface area contributed by atoms with Crippen molar-refractivity contribution in [3.63, 3.8) is 0 Å². The van der Waals surface area contributed by atoms with Gasteiger partial charge in [-0.25, -0.2) is 0 Å². The highest BCUT2D eigenvalue weighted by Crippen LogP contribution is 2.26. The third kappa shape index (κ3) is 4.19. The van der Waals surface area contributed by atoms with E-state index in [2.05, 4.69) is 10.6 Å². The SMILES string of the molecule is CC(NC(=O)c1cccc(Cl)c1Cl)C(=O)N[C@@H]1CCC[C@@H]1C(=O)O. The van der Waals surface area contributed by atoms with Gasteiger partial charge in [-0.15, -0.1) is 0 Å². The molecule has 24 heavy (non-hydrogen) atoms. The molecule has 0 spiro atoms. The fourth-order valence-corrected chi connectivity index (χ4v) is 3.14. The second-order valence-corrected chi connectivity index (χ2v) is 6.57. The first-order valence-electron chi connectivity index (χ1n) is 7.59. The third-order valence-corrected chi connectivity index (χ3v) is 4.92. The summed E-state index contributed by atoms with van der Waals surface area (Å²) in [6, 6.07) is 3.41. The number of carboxylic acids is 1. The molecule has 2 rings (SSSR count). The first-order valence-corrected chi connectivity index (χ1v) is 8.35. The van der Waals surface area contributed by atoms with E-state index in [1.54, 1.807) is 12.1 Å². The van der Waals surface area contributed by atoms with Crippen molar-refractivity contribution in [2.75, 3.05) is 0 Å². The second kappa shape index (κ2) is 7.85. The zero-order valence-electron chi connectivity index (χ0n) is 13.0. The Morgan fingerprint density at radius 2 is 1.96 bits per heavy atom. The summed E-state index contributed by atoms with van der Waals surface area (Å²) in [7, 11) is 0. The molecule has 1 saturated carbocycles. The summed E-state index contributed by atoms with van der Waals surface area (Å²) in [5.74, 6) is -2.45. The molecule has 130 valence electrons. The van der Waals surface area contributed by atoms with Gasteiger partial charge in [-0.2, -0.15) is 0 Å². The molecule has 1 unspecified atom stereocenters. The van der Waals surface area contributed by atoms with Crippen molar-refractivity contribution in [2.24, 2.45) is 5.92 Å². The quantitative estimate of drug-likeness (QED) is 0.739. The summed E-state index contributed by atoms with van der Waals surface area (Å²) in [6.07, 6.45) is 1.91. The summed E-state index contributed by atoms with van der Waals surface area (Å²) in [6.45, 7) is 1.52. The van der Waals surface area contributed by atoms with Gasteiger partial charge < -0.3 is 15.7 Å². The van der Waals surface area contributed by atoms with Crippen LogP contribution in [0.4, 0.5) is 0 Å². The van der Waals surface area contributed by atoms with Crippen LogP contribution in [0.1, 0.15) is 36.5 Å². The lowest BCUT2D eigenvalue weighted by molar-refractivity contribution is -0.142. The normalized spacial score (nSPS) is 21.1. The monoisotopic (exact) mass is 372 g/mol. The minimum absolute atomic E-state index is 0.117. The number of carbonyl (C=O) groups is 3. The van der Waals surface area contributed by atoms with E-state index in [1.807, 2.05) is 0 Å². The maximum Gasteiger partial charge on any atom is 0.308 e. The lowest BCUT2D eigenvalue weighted by Gasteiger charge is -2.21. The van der Waals surface area contributed by atoms with E-state index in [-0.39, 0.29) is 15.6 Å². The molecule has 0 aromatic heterocycles. The number of carbonyl (C=O) groups excluding carboxylic acids is 2. The van der Waals surface area contributed by atoms with Gasteiger partial charge in [0.15, 0.2) is 0 Å². The van der Waals surface area contributed by atoms with E-state index >= 15 is 0 Å². The smallest absolute Gasteiger partial charge is 0.308 e. The van der Waals surface area contributed by atoms with Gasteiger partial charge >= 0.3 is 5.97 Å². The lowest BCUT2D eigenvalue weighted by Crippen LogP contribution is -2.49. The molecule has 0 heterocycles. The fourth-order valence-electron chi connectivity index (χ4n) is 2.76. The van der Waals surface area contributed by atoms with Gasteiger partial charge in [0.2, 0.25) is 5.91 Å². The van der Waals surface area contributed by atoms with Crippen LogP contribution in [0.2, 0.25) is 10.0 Å². The van der Waals surface area contributed by atoms with Gasteiger partial charge in [0.25, 0.3) is 5.91 Å². The molecule has 1 aromatic carbocycles. The highest BCUT2D eigenvalue weighted by Gasteiger charge is 2.34. The Bertz CT molecular complexity index is 665. The zero-order chi connectivity index (χ0) is 17.9. The van der Waals surface area contributed by atoms with Crippen LogP contribution in [0.15, 0.2) is 18.2 Å². The molecule has 3 atom stereocenters. The first-order chi connectivity index (χ1) is 11.3. The van der Waals surface area contributed by atoms with Crippen molar-refractivity contribution in [1.29, 1.82) is 0 Å². The molecule has 1 aliphatic rings. The van der Waals surface area contributed by atoms with E-state index in [0.29, 0.717) is 12.8 Å². The largest absolute Gasteiger partial charge is 0.481 e. The number of benzene rings is 1. The average Bonchev–Trinajstić information content (AvgIpc) is 2.98. The van der Waals surface area contributed by atoms with Gasteiger partial charge in [-0.05, 0) is 31.9 Å². The molecule has 0 bridgehead atoms. The van der Waals surface area contributed by atoms with Crippen molar-refractivity contribution in [3.05, 3.63) is 33.8 Å². The zero-order valence-corrected chi connectivity index (χ0v) is 14.5. The predicted octanol–water partition coefficient (Wildman–Crippen LogP) is 2.48. The number of amides is 2. The van der Waals surface area contributed by atoms with Crippen LogP contribution in [-0.4, -0.2) is 35.0 Å². The van der Waals surface area contributed by atoms with Crippen LogP contribution in [0, 0.1) is 5.92 Å². The van der Waals surface area contributed by atoms with E-state index in [1.165, 1.54) is 13.0 Å². The van der Waals surface area contributed by atoms with Crippen molar-refractivity contribution < 1.29 is 19.5 Å². The minimum Gasteiger partial charge on any atom is -0.481 e. The molecule has 1 aromatic rings. The van der Waals surface area contributed by atoms with Crippen molar-refractivity contribution in [1.82, 2.24) is 10.6 Å². The molecular formula is C16H18Cl2N2O4. The Hall–Kier alpha value is -1.79. The number of carboxylic acid groups (broad SMARTS) is 1. The highest BCUT2D eigenvalue weighted by atomic mass is 35.5. The number of aliphatic carboxylic acids is 1. The van der Waals surface area contributed by atoms with Gasteiger partial charge in [-0.3, -0.25) is 14.4 Å². The van der Waals surface area contributed by atoms with E-state index in [0.717, 1.165) is 6.42 Å². The van der Waals surface area contributed by atoms with E-state index in [9.17, 15) is 14.4 Å². The van der Waals surface area contributed by atoms with E-state index in [4.69, 9.17) is 28.3 Å². The Balaban J connectivity index is 1.97. The minimum atomic E-state index is -0.916. The number of hydrogen-bond acceptors (Lipinski definition) is 3. The van der Waals surface area contributed by atoms with Gasteiger partial charge in [0, 0.05) is 6.04 Å². The molecule has 1 fully saturated rings. The van der Waals surface area contributed by atoms with E-state index < -0.39 is 35.8 Å². The van der Waals surface area contributed by atoms with Crippen molar-refractivity contribution in [2.45, 2.75) is 38.3 Å². The molecule has 0 aliphatic heterocycles. The fraction of sp³-hybridized carbons (Fsp3) is 0.438. The summed E-state index contributed by atoms with van der Waals surface area (Å²) in [5, 5.41) is 14.7. The average molecular weight is 373 g/mol. The standard InChI is InChI=1S/C16H18Cl2N2O4/c1-8(14(21)20-12-7-3-4-9(12)16(23)24)19-15(22)10-5-2-6-11(17)13(10)18/h2,5-6,8-9,12H,3-4,7H2,1H3,(H,19,22)(H,20,21)(H,23,24)/t8?,9-,12+/m0/s1. The molecule has 1 aliphatic carbocycles. The van der Waals surface area contributed by atoms with Crippen molar-refractivity contribution in [3.8, 4) is 0 Å². The number of nitrogens with one attached hydrogen (secondary N) is 2. The Morgan fingerprint density at radius 3 is 2.62 bits per heavy atom. The maximum atomic E-state index is 12.2. The number of hydrogen-bond donors (Lipinski definition) is 3. The summed E-state index contributed by atoms with van der Waals surface area (Å²) in [5.41, 5.74) is 0.174. The van der Waals surface area contributed by atoms with Gasteiger partial charge in [0.05, 0.1) is 21.5 Å². The van der Waals surface area contributed by atoms with Crippen LogP contribution < -0.4 is 10.6 Å². The topological polar surface area (TPSA) is 95.5 Å².